The molecule has 2 N–H and O–H groups in total. The van der Waals surface area contributed by atoms with E-state index < -0.39 is 12.3 Å². The van der Waals surface area contributed by atoms with Crippen LogP contribution in [-0.2, 0) is 6.54 Å². The van der Waals surface area contributed by atoms with E-state index in [2.05, 4.69) is 15.4 Å². The summed E-state index contributed by atoms with van der Waals surface area (Å²) in [4.78, 5) is 25.3. The first-order valence-electron chi connectivity index (χ1n) is 8.39. The standard InChI is InChI=1S/C20H15F3N2O3S/c21-20(22,23)28-16-9-4-1-6-13(16)12-24-18(26)14-7-2-3-8-15(14)25-19(27)17-10-5-11-29-17/h1-11H,12H2,(H,24,26)(H,25,27). The molecule has 0 bridgehead atoms. The zero-order valence-corrected chi connectivity index (χ0v) is 15.6. The maximum Gasteiger partial charge on any atom is 0.573 e. The van der Waals surface area contributed by atoms with Crippen LogP contribution in [0.15, 0.2) is 66.0 Å². The van der Waals surface area contributed by atoms with Crippen LogP contribution in [0.3, 0.4) is 0 Å². The molecule has 5 nitrogen and oxygen atoms in total. The van der Waals surface area contributed by atoms with Gasteiger partial charge in [-0.05, 0) is 29.6 Å². The van der Waals surface area contributed by atoms with Crippen molar-refractivity contribution in [3.63, 3.8) is 0 Å². The Morgan fingerprint density at radius 2 is 1.66 bits per heavy atom. The largest absolute Gasteiger partial charge is 0.573 e. The molecule has 0 aliphatic rings. The number of rotatable bonds is 6. The lowest BCUT2D eigenvalue weighted by atomic mass is 10.1. The van der Waals surface area contributed by atoms with Gasteiger partial charge >= 0.3 is 6.36 Å². The Kier molecular flexibility index (Phi) is 6.18. The van der Waals surface area contributed by atoms with Crippen molar-refractivity contribution in [3.8, 4) is 5.75 Å². The Labute approximate surface area is 168 Å². The second-order valence-electron chi connectivity index (χ2n) is 5.82. The molecule has 3 rings (SSSR count). The minimum absolute atomic E-state index is 0.165. The van der Waals surface area contributed by atoms with Gasteiger partial charge in [0.25, 0.3) is 11.8 Å². The van der Waals surface area contributed by atoms with E-state index in [1.54, 1.807) is 41.8 Å². The molecular weight excluding hydrogens is 405 g/mol. The van der Waals surface area contributed by atoms with Gasteiger partial charge in [-0.3, -0.25) is 9.59 Å². The van der Waals surface area contributed by atoms with Crippen molar-refractivity contribution in [2.24, 2.45) is 0 Å². The van der Waals surface area contributed by atoms with E-state index in [9.17, 15) is 22.8 Å². The van der Waals surface area contributed by atoms with Gasteiger partial charge in [-0.25, -0.2) is 0 Å². The number of alkyl halides is 3. The molecule has 0 spiro atoms. The van der Waals surface area contributed by atoms with Crippen LogP contribution in [0.2, 0.25) is 0 Å². The zero-order valence-electron chi connectivity index (χ0n) is 14.8. The maximum absolute atomic E-state index is 12.6. The number of amides is 2. The minimum Gasteiger partial charge on any atom is -0.405 e. The fraction of sp³-hybridized carbons (Fsp3) is 0.100. The molecule has 0 aliphatic heterocycles. The van der Waals surface area contributed by atoms with E-state index in [4.69, 9.17) is 0 Å². The van der Waals surface area contributed by atoms with Crippen LogP contribution < -0.4 is 15.4 Å². The quantitative estimate of drug-likeness (QED) is 0.600. The molecule has 9 heteroatoms. The SMILES string of the molecule is O=C(Nc1ccccc1C(=O)NCc1ccccc1OC(F)(F)F)c1cccs1. The Hall–Kier alpha value is -3.33. The summed E-state index contributed by atoms with van der Waals surface area (Å²) in [6.45, 7) is -0.182. The highest BCUT2D eigenvalue weighted by Crippen LogP contribution is 2.26. The highest BCUT2D eigenvalue weighted by atomic mass is 32.1. The van der Waals surface area contributed by atoms with Crippen LogP contribution in [0.4, 0.5) is 18.9 Å². The van der Waals surface area contributed by atoms with Gasteiger partial charge in [-0.1, -0.05) is 36.4 Å². The van der Waals surface area contributed by atoms with Crippen molar-refractivity contribution in [1.29, 1.82) is 0 Å². The summed E-state index contributed by atoms with van der Waals surface area (Å²) in [6, 6.07) is 15.3. The third kappa shape index (κ3) is 5.58. The lowest BCUT2D eigenvalue weighted by Gasteiger charge is -2.14. The molecule has 0 saturated heterocycles. The van der Waals surface area contributed by atoms with Crippen LogP contribution in [-0.4, -0.2) is 18.2 Å². The first-order chi connectivity index (χ1) is 13.8. The predicted molar refractivity (Wildman–Crippen MR) is 103 cm³/mol. The van der Waals surface area contributed by atoms with Crippen LogP contribution in [0.1, 0.15) is 25.6 Å². The van der Waals surface area contributed by atoms with Crippen molar-refractivity contribution in [2.45, 2.75) is 12.9 Å². The van der Waals surface area contributed by atoms with Gasteiger partial charge in [0.15, 0.2) is 0 Å². The van der Waals surface area contributed by atoms with E-state index in [0.29, 0.717) is 10.6 Å². The van der Waals surface area contributed by atoms with Gasteiger partial charge in [0.1, 0.15) is 5.75 Å². The van der Waals surface area contributed by atoms with Crippen molar-refractivity contribution in [3.05, 3.63) is 82.0 Å². The second-order valence-corrected chi connectivity index (χ2v) is 6.76. The highest BCUT2D eigenvalue weighted by molar-refractivity contribution is 7.12. The average molecular weight is 420 g/mol. The fourth-order valence-corrected chi connectivity index (χ4v) is 3.15. The summed E-state index contributed by atoms with van der Waals surface area (Å²) in [6.07, 6.45) is -4.83. The smallest absolute Gasteiger partial charge is 0.405 e. The lowest BCUT2D eigenvalue weighted by Crippen LogP contribution is -2.25. The molecule has 0 aliphatic carbocycles. The lowest BCUT2D eigenvalue weighted by molar-refractivity contribution is -0.274. The van der Waals surface area contributed by atoms with Crippen LogP contribution in [0.25, 0.3) is 0 Å². The summed E-state index contributed by atoms with van der Waals surface area (Å²) in [7, 11) is 0. The number of hydrogen-bond donors (Lipinski definition) is 2. The van der Waals surface area contributed by atoms with Crippen LogP contribution >= 0.6 is 11.3 Å². The van der Waals surface area contributed by atoms with Gasteiger partial charge < -0.3 is 15.4 Å². The Morgan fingerprint density at radius 3 is 2.38 bits per heavy atom. The highest BCUT2D eigenvalue weighted by Gasteiger charge is 2.32. The number of para-hydroxylation sites is 2. The molecule has 1 heterocycles. The van der Waals surface area contributed by atoms with Crippen molar-refractivity contribution in [2.75, 3.05) is 5.32 Å². The average Bonchev–Trinajstić information content (AvgIpc) is 3.21. The van der Waals surface area contributed by atoms with Crippen molar-refractivity contribution in [1.82, 2.24) is 5.32 Å². The van der Waals surface area contributed by atoms with Gasteiger partial charge in [-0.2, -0.15) is 0 Å². The Morgan fingerprint density at radius 1 is 0.931 bits per heavy atom. The number of ether oxygens (including phenoxy) is 1. The molecule has 2 amide bonds. The van der Waals surface area contributed by atoms with Crippen LogP contribution in [0.5, 0.6) is 5.75 Å². The summed E-state index contributed by atoms with van der Waals surface area (Å²) in [5.74, 6) is -1.29. The first-order valence-corrected chi connectivity index (χ1v) is 9.27. The number of benzene rings is 2. The molecule has 29 heavy (non-hydrogen) atoms. The summed E-state index contributed by atoms with van der Waals surface area (Å²) < 4.78 is 41.6. The molecule has 0 radical (unpaired) electrons. The molecule has 150 valence electrons. The van der Waals surface area contributed by atoms with E-state index in [1.165, 1.54) is 35.6 Å². The van der Waals surface area contributed by atoms with E-state index in [0.717, 1.165) is 0 Å². The minimum atomic E-state index is -4.83. The monoisotopic (exact) mass is 420 g/mol. The summed E-state index contributed by atoms with van der Waals surface area (Å²) >= 11 is 1.26. The number of halogens is 3. The number of nitrogens with one attached hydrogen (secondary N) is 2. The Balaban J connectivity index is 1.72. The van der Waals surface area contributed by atoms with Gasteiger partial charge in [0.2, 0.25) is 0 Å². The zero-order chi connectivity index (χ0) is 20.9. The summed E-state index contributed by atoms with van der Waals surface area (Å²) in [5.41, 5.74) is 0.646. The third-order valence-corrected chi connectivity index (χ3v) is 4.67. The molecule has 0 fully saturated rings. The van der Waals surface area contributed by atoms with Gasteiger partial charge in [0.05, 0.1) is 16.1 Å². The number of carbonyl (C=O) groups excluding carboxylic acids is 2. The van der Waals surface area contributed by atoms with Crippen LogP contribution in [0, 0.1) is 0 Å². The first kappa shape index (κ1) is 20.4. The molecular formula is C20H15F3N2O3S. The normalized spacial score (nSPS) is 11.0. The number of thiophene rings is 1. The van der Waals surface area contributed by atoms with Gasteiger partial charge in [0, 0.05) is 12.1 Å². The number of carbonyl (C=O) groups is 2. The number of hydrogen-bond acceptors (Lipinski definition) is 4. The molecule has 2 aromatic carbocycles. The molecule has 1 aromatic heterocycles. The van der Waals surface area contributed by atoms with Crippen molar-refractivity contribution >= 4 is 28.8 Å². The fourth-order valence-electron chi connectivity index (χ4n) is 2.53. The number of anilines is 1. The van der Waals surface area contributed by atoms with Gasteiger partial charge in [-0.15, -0.1) is 24.5 Å². The molecule has 3 aromatic rings. The molecule has 0 atom stereocenters. The van der Waals surface area contributed by atoms with E-state index >= 15 is 0 Å². The van der Waals surface area contributed by atoms with E-state index in [-0.39, 0.29) is 29.3 Å². The predicted octanol–water partition coefficient (Wildman–Crippen LogP) is 4.83. The molecule has 0 saturated carbocycles. The second kappa shape index (κ2) is 8.78. The maximum atomic E-state index is 12.6. The topological polar surface area (TPSA) is 67.4 Å². The van der Waals surface area contributed by atoms with Crippen molar-refractivity contribution < 1.29 is 27.5 Å². The summed E-state index contributed by atoms with van der Waals surface area (Å²) in [5, 5.41) is 6.98. The molecule has 0 unspecified atom stereocenters. The van der Waals surface area contributed by atoms with E-state index in [1.807, 2.05) is 0 Å². The third-order valence-electron chi connectivity index (χ3n) is 3.80. The Bertz CT molecular complexity index is 1000.